The van der Waals surface area contributed by atoms with E-state index in [1.807, 2.05) is 13.8 Å². The number of aryl methyl sites for hydroxylation is 3. The predicted octanol–water partition coefficient (Wildman–Crippen LogP) is 7.86. The van der Waals surface area contributed by atoms with Crippen LogP contribution < -0.4 is 34.9 Å². The van der Waals surface area contributed by atoms with Gasteiger partial charge in [0, 0.05) is 92.0 Å². The number of halogens is 15. The third-order valence-electron chi connectivity index (χ3n) is 10.1. The molecular formula is C45H52F9I6N4O15S3-. The third-order valence-corrected chi connectivity index (χ3v) is 13.6. The number of hydrogen-bond acceptors (Lipinski definition) is 17. The van der Waals surface area contributed by atoms with Gasteiger partial charge in [-0.15, -0.1) is 58.0 Å². The van der Waals surface area contributed by atoms with Gasteiger partial charge in [0.1, 0.15) is 17.9 Å². The van der Waals surface area contributed by atoms with Crippen molar-refractivity contribution in [3.63, 3.8) is 0 Å². The summed E-state index contributed by atoms with van der Waals surface area (Å²) in [6.07, 6.45) is -18.7. The number of carbonyl (C=O) groups excluding carboxylic acids is 10. The smallest absolute Gasteiger partial charge is 0.392 e. The van der Waals surface area contributed by atoms with E-state index in [2.05, 4.69) is 79.2 Å². The molecule has 0 spiro atoms. The number of nitrogens with one attached hydrogen (secondary N) is 3. The Balaban J connectivity index is -0.000000498. The van der Waals surface area contributed by atoms with Crippen molar-refractivity contribution in [3.05, 3.63) is 57.8 Å². The van der Waals surface area contributed by atoms with Crippen LogP contribution in [0.2, 0.25) is 0 Å². The van der Waals surface area contributed by atoms with Gasteiger partial charge in [0.15, 0.2) is 23.1 Å². The maximum absolute atomic E-state index is 12.4. The summed E-state index contributed by atoms with van der Waals surface area (Å²) in [5, 5.41) is 22.3. The Hall–Kier alpha value is -2.51. The van der Waals surface area contributed by atoms with E-state index in [4.69, 9.17) is 15.9 Å². The number of nitrogens with two attached hydrogens (primary N) is 1. The van der Waals surface area contributed by atoms with Gasteiger partial charge in [-0.25, -0.2) is 9.59 Å². The maximum Gasteiger partial charge on any atom is 0.471 e. The van der Waals surface area contributed by atoms with Crippen LogP contribution in [-0.2, 0) is 60.7 Å². The quantitative estimate of drug-likeness (QED) is 0.0261. The summed E-state index contributed by atoms with van der Waals surface area (Å²) in [7, 11) is 0. The standard InChI is InChI=1S/2C15H16F3NO5S.C8H11NOS.C6H4F3NO4.CH4.I3.I2.HI/c1-6-8(3)25-11(13(6)7(2)20)5-10(21)9(4-12(22)23)19-14(24)15(16,17)18;1-6-8(3)25-11(12(6)7(2)20)5-9(21)4-10(13(22)23)19-14(24)15(16,17)18;1-4-6(3)11-8(9)7(4)5(2)10;7-6(8,9)5(13)10-2-1-3(11)14-4(2)12;;1-3-2;1-2;/h9H,4-5H2,1-3H3,(H,19,24)(H,22,23);10H,4-5H2,1-3H3,(H,19,24)(H,22,23);9H2,1-3H3;2H,1H2,(H,10,13);1H4;;;1H/q;;;;;-1;;/t9-;10-;;2-;;;;/m00.0..../s1. The first kappa shape index (κ1) is 85.9. The van der Waals surface area contributed by atoms with Crippen molar-refractivity contribution in [3.8, 4) is 0 Å². The molecule has 1 saturated heterocycles. The average molecular weight is 1920 g/mol. The van der Waals surface area contributed by atoms with Crippen molar-refractivity contribution in [2.24, 2.45) is 0 Å². The number of amides is 3. The van der Waals surface area contributed by atoms with Crippen LogP contribution in [0.4, 0.5) is 44.5 Å². The molecule has 82 heavy (non-hydrogen) atoms. The maximum atomic E-state index is 12.4. The van der Waals surface area contributed by atoms with Crippen LogP contribution in [0, 0.1) is 41.5 Å². The molecule has 0 aromatic carbocycles. The average Bonchev–Trinajstić information content (AvgIpc) is 3.97. The molecule has 3 aromatic rings. The first-order valence-corrected chi connectivity index (χ1v) is 42.7. The summed E-state index contributed by atoms with van der Waals surface area (Å²) in [4.78, 5) is 137. The Labute approximate surface area is 544 Å². The molecule has 4 rings (SSSR count). The second-order valence-electron chi connectivity index (χ2n) is 16.0. The van der Waals surface area contributed by atoms with Crippen molar-refractivity contribution in [1.29, 1.82) is 0 Å². The van der Waals surface area contributed by atoms with Gasteiger partial charge < -0.3 is 36.6 Å². The molecule has 1 aliphatic rings. The Bertz CT molecular complexity index is 2810. The molecule has 37 heteroatoms. The van der Waals surface area contributed by atoms with Gasteiger partial charge in [-0.1, -0.05) is 7.43 Å². The minimum absolute atomic E-state index is 0. The number of Topliss-reactive ketones (excluding diaryl/α,β-unsaturated/α-hetero) is 5. The number of rotatable bonds is 16. The fraction of sp³-hybridized carbons (Fsp3) is 0.467. The van der Waals surface area contributed by atoms with Gasteiger partial charge >= 0.3 is 111 Å². The molecule has 19 nitrogen and oxygen atoms in total. The molecule has 0 aliphatic carbocycles. The van der Waals surface area contributed by atoms with Gasteiger partial charge in [0.2, 0.25) is 0 Å². The number of aliphatic carboxylic acids is 2. The minimum Gasteiger partial charge on any atom is -0.392 e. The molecule has 0 unspecified atom stereocenters. The summed E-state index contributed by atoms with van der Waals surface area (Å²) in [6, 6.07) is -5.37. The van der Waals surface area contributed by atoms with E-state index in [9.17, 15) is 97.0 Å². The van der Waals surface area contributed by atoms with Crippen molar-refractivity contribution < 1.29 is 125 Å². The van der Waals surface area contributed by atoms with Crippen LogP contribution in [0.5, 0.6) is 0 Å². The minimum atomic E-state index is -5.25. The number of thiophene rings is 3. The number of carbonyl (C=O) groups is 12. The topological polar surface area (TPSA) is 317 Å². The zero-order chi connectivity index (χ0) is 63.3. The van der Waals surface area contributed by atoms with Gasteiger partial charge in [-0.05, 0) is 79.0 Å². The van der Waals surface area contributed by atoms with E-state index in [-0.39, 0.29) is 55.2 Å². The van der Waals surface area contributed by atoms with Crippen molar-refractivity contribution in [1.82, 2.24) is 16.0 Å². The van der Waals surface area contributed by atoms with Gasteiger partial charge in [0.05, 0.1) is 29.4 Å². The zero-order valence-electron chi connectivity index (χ0n) is 43.0. The summed E-state index contributed by atoms with van der Waals surface area (Å²) in [6.45, 7) is 14.9. The molecule has 3 atom stereocenters. The SMILES string of the molecule is C.CC(=O)c1c(CC(=O)C[C@H](NC(=O)C(F)(F)F)C(=O)O)sc(C)c1C.CC(=O)c1c(CC(=O)[C@H](CC(=O)O)NC(=O)C(F)(F)F)sc(C)c1C.CC(=O)c1c(N)sc(C)c1C.I.II.I[I-]I.O=C1C[C@H](NC(=O)C(F)(F)F)C(=O)O1. The largest absolute Gasteiger partial charge is 0.471 e. The molecular weight excluding hydrogens is 1870 g/mol. The Morgan fingerprint density at radius 1 is 0.634 bits per heavy atom. The Morgan fingerprint density at radius 3 is 1.28 bits per heavy atom. The fourth-order valence-electron chi connectivity index (χ4n) is 6.34. The van der Waals surface area contributed by atoms with E-state index < -0.39 is 116 Å². The first-order chi connectivity index (χ1) is 36.4. The Kier molecular flexibility index (Phi) is 41.2. The summed E-state index contributed by atoms with van der Waals surface area (Å²) < 4.78 is 113. The fourth-order valence-corrected chi connectivity index (χ4v) is 9.82. The molecule has 0 bridgehead atoms. The van der Waals surface area contributed by atoms with Crippen LogP contribution in [0.25, 0.3) is 0 Å². The second kappa shape index (κ2) is 39.3. The molecule has 466 valence electrons. The summed E-state index contributed by atoms with van der Waals surface area (Å²) >= 11 is 13.4. The van der Waals surface area contributed by atoms with Crippen LogP contribution in [0.3, 0.4) is 0 Å². The van der Waals surface area contributed by atoms with E-state index >= 15 is 0 Å². The molecule has 0 saturated carbocycles. The summed E-state index contributed by atoms with van der Waals surface area (Å²) in [5.74, 6) is -14.6. The molecule has 0 radical (unpaired) electrons. The second-order valence-corrected chi connectivity index (χ2v) is 36.1. The number of ketones is 5. The number of anilines is 1. The van der Waals surface area contributed by atoms with Gasteiger partial charge in [-0.3, -0.25) is 47.9 Å². The van der Waals surface area contributed by atoms with Crippen LogP contribution in [-0.4, -0.2) is 117 Å². The number of ether oxygens (including phenoxy) is 1. The van der Waals surface area contributed by atoms with E-state index in [1.165, 1.54) is 52.5 Å². The van der Waals surface area contributed by atoms with Crippen molar-refractivity contribution in [2.75, 3.05) is 5.73 Å². The molecule has 1 fully saturated rings. The van der Waals surface area contributed by atoms with Crippen LogP contribution >= 0.6 is 132 Å². The van der Waals surface area contributed by atoms with Crippen LogP contribution in [0.1, 0.15) is 120 Å². The number of esters is 2. The normalized spacial score (nSPS) is 13.1. The van der Waals surface area contributed by atoms with Gasteiger partial charge in [0.25, 0.3) is 0 Å². The van der Waals surface area contributed by atoms with Crippen LogP contribution in [0.15, 0.2) is 0 Å². The molecule has 3 amide bonds. The zero-order valence-corrected chi connectivity index (χ0v) is 58.5. The summed E-state index contributed by atoms with van der Waals surface area (Å²) in [5.41, 5.74) is 9.40. The number of alkyl halides is 9. The first-order valence-electron chi connectivity index (χ1n) is 21.4. The number of nitrogen functional groups attached to an aromatic ring is 1. The number of cyclic esters (lactones) is 2. The number of carboxylic acid groups (broad SMARTS) is 2. The molecule has 4 heterocycles. The van der Waals surface area contributed by atoms with E-state index in [1.54, 1.807) is 34.6 Å². The number of hydrogen-bond donors (Lipinski definition) is 6. The molecule has 7 N–H and O–H groups in total. The number of carboxylic acids is 2. The molecule has 3 aromatic heterocycles. The van der Waals surface area contributed by atoms with E-state index in [0.717, 1.165) is 31.5 Å². The van der Waals surface area contributed by atoms with Crippen molar-refractivity contribution >= 4 is 208 Å². The van der Waals surface area contributed by atoms with Crippen molar-refractivity contribution in [2.45, 2.75) is 138 Å². The molecule has 1 aliphatic heterocycles. The third kappa shape index (κ3) is 29.7. The van der Waals surface area contributed by atoms with E-state index in [0.29, 0.717) is 55.8 Å². The Morgan fingerprint density at radius 2 is 0.988 bits per heavy atom. The monoisotopic (exact) mass is 1920 g/mol. The predicted molar refractivity (Wildman–Crippen MR) is 326 cm³/mol. The van der Waals surface area contributed by atoms with Gasteiger partial charge in [-0.2, -0.15) is 39.5 Å².